The Hall–Kier alpha value is -3.40. The zero-order chi connectivity index (χ0) is 19.8. The van der Waals surface area contributed by atoms with Crippen LogP contribution in [0.1, 0.15) is 28.8 Å². The molecule has 0 radical (unpaired) electrons. The van der Waals surface area contributed by atoms with Gasteiger partial charge >= 0.3 is 5.97 Å². The van der Waals surface area contributed by atoms with E-state index in [1.165, 1.54) is 0 Å². The van der Waals surface area contributed by atoms with Gasteiger partial charge in [0.1, 0.15) is 0 Å². The van der Waals surface area contributed by atoms with Crippen molar-refractivity contribution < 1.29 is 14.3 Å². The average Bonchev–Trinajstić information content (AvgIpc) is 2.77. The molecule has 0 spiro atoms. The molecular weight excluding hydrogens is 350 g/mol. The van der Waals surface area contributed by atoms with E-state index in [9.17, 15) is 9.59 Å². The number of benzene rings is 3. The van der Waals surface area contributed by atoms with Crippen LogP contribution in [0.25, 0.3) is 11.1 Å². The molecule has 1 N–H and O–H groups in total. The zero-order valence-electron chi connectivity index (χ0n) is 15.8. The zero-order valence-corrected chi connectivity index (χ0v) is 15.8. The third kappa shape index (κ3) is 5.07. The fourth-order valence-corrected chi connectivity index (χ4v) is 2.96. The van der Waals surface area contributed by atoms with E-state index in [2.05, 4.69) is 5.32 Å². The smallest absolute Gasteiger partial charge is 0.339 e. The number of nitrogens with one attached hydrogen (secondary N) is 1. The second-order valence-corrected chi connectivity index (χ2v) is 6.60. The molecule has 142 valence electrons. The summed E-state index contributed by atoms with van der Waals surface area (Å²) in [5.74, 6) is -0.640. The van der Waals surface area contributed by atoms with Crippen molar-refractivity contribution >= 4 is 11.9 Å². The summed E-state index contributed by atoms with van der Waals surface area (Å²) in [7, 11) is 0. The van der Waals surface area contributed by atoms with Gasteiger partial charge in [-0.25, -0.2) is 4.79 Å². The third-order valence-corrected chi connectivity index (χ3v) is 4.54. The Morgan fingerprint density at radius 2 is 1.46 bits per heavy atom. The number of carbonyl (C=O) groups excluding carboxylic acids is 2. The molecule has 3 rings (SSSR count). The minimum Gasteiger partial charge on any atom is -0.452 e. The summed E-state index contributed by atoms with van der Waals surface area (Å²) in [6.45, 7) is 2.22. The standard InChI is InChI=1S/C24H23NO3/c1-18(19-10-4-2-5-11-19)16-25-23(26)17-28-24(27)22-15-9-8-14-21(22)20-12-6-3-7-13-20/h2-15,18H,16-17H2,1H3,(H,25,26)/t18-/m0/s1. The lowest BCUT2D eigenvalue weighted by molar-refractivity contribution is -0.124. The Bertz CT molecular complexity index is 923. The second-order valence-electron chi connectivity index (χ2n) is 6.60. The van der Waals surface area contributed by atoms with Crippen molar-refractivity contribution in [1.82, 2.24) is 5.32 Å². The Labute approximate surface area is 165 Å². The molecule has 28 heavy (non-hydrogen) atoms. The van der Waals surface area contributed by atoms with Crippen molar-refractivity contribution in [2.75, 3.05) is 13.2 Å². The van der Waals surface area contributed by atoms with Crippen LogP contribution in [0.15, 0.2) is 84.9 Å². The first kappa shape index (κ1) is 19.4. The van der Waals surface area contributed by atoms with Gasteiger partial charge in [0.2, 0.25) is 0 Å². The van der Waals surface area contributed by atoms with Gasteiger partial charge in [0.05, 0.1) is 5.56 Å². The monoisotopic (exact) mass is 373 g/mol. The summed E-state index contributed by atoms with van der Waals surface area (Å²) in [4.78, 5) is 24.6. The Morgan fingerprint density at radius 1 is 0.857 bits per heavy atom. The minimum absolute atomic E-state index is 0.180. The van der Waals surface area contributed by atoms with Crippen LogP contribution in [-0.4, -0.2) is 25.0 Å². The number of rotatable bonds is 7. The van der Waals surface area contributed by atoms with Crippen molar-refractivity contribution in [1.29, 1.82) is 0 Å². The molecule has 0 fully saturated rings. The molecule has 4 nitrogen and oxygen atoms in total. The van der Waals surface area contributed by atoms with E-state index in [-0.39, 0.29) is 18.4 Å². The first-order valence-electron chi connectivity index (χ1n) is 9.28. The van der Waals surface area contributed by atoms with Gasteiger partial charge in [-0.15, -0.1) is 0 Å². The first-order valence-corrected chi connectivity index (χ1v) is 9.28. The lowest BCUT2D eigenvalue weighted by atomic mass is 10.00. The van der Waals surface area contributed by atoms with Crippen LogP contribution in [0.2, 0.25) is 0 Å². The summed E-state index contributed by atoms with van der Waals surface area (Å²) >= 11 is 0. The number of esters is 1. The normalized spacial score (nSPS) is 11.5. The molecule has 0 aliphatic carbocycles. The molecule has 1 atom stereocenters. The van der Waals surface area contributed by atoms with Crippen LogP contribution in [0, 0.1) is 0 Å². The van der Waals surface area contributed by atoms with Crippen molar-refractivity contribution in [3.05, 3.63) is 96.1 Å². The highest BCUT2D eigenvalue weighted by atomic mass is 16.5. The molecule has 0 aromatic heterocycles. The minimum atomic E-state index is -0.509. The molecule has 3 aromatic carbocycles. The topological polar surface area (TPSA) is 55.4 Å². The first-order chi connectivity index (χ1) is 13.6. The number of carbonyl (C=O) groups is 2. The molecule has 3 aromatic rings. The molecule has 0 saturated carbocycles. The van der Waals surface area contributed by atoms with Gasteiger partial charge in [-0.05, 0) is 28.7 Å². The van der Waals surface area contributed by atoms with E-state index in [0.717, 1.165) is 16.7 Å². The molecule has 0 aliphatic rings. The Morgan fingerprint density at radius 3 is 2.18 bits per heavy atom. The number of ether oxygens (including phenoxy) is 1. The van der Waals surface area contributed by atoms with Gasteiger partial charge in [0.15, 0.2) is 6.61 Å². The van der Waals surface area contributed by atoms with Crippen LogP contribution in [0.5, 0.6) is 0 Å². The van der Waals surface area contributed by atoms with Gasteiger partial charge in [-0.2, -0.15) is 0 Å². The fraction of sp³-hybridized carbons (Fsp3) is 0.167. The van der Waals surface area contributed by atoms with Crippen LogP contribution in [-0.2, 0) is 9.53 Å². The number of hydrogen-bond donors (Lipinski definition) is 1. The maximum Gasteiger partial charge on any atom is 0.339 e. The number of hydrogen-bond acceptors (Lipinski definition) is 3. The predicted octanol–water partition coefficient (Wildman–Crippen LogP) is 4.43. The lowest BCUT2D eigenvalue weighted by Gasteiger charge is -2.13. The summed E-state index contributed by atoms with van der Waals surface area (Å²) in [6.07, 6.45) is 0. The molecule has 0 unspecified atom stereocenters. The van der Waals surface area contributed by atoms with Crippen molar-refractivity contribution in [2.45, 2.75) is 12.8 Å². The lowest BCUT2D eigenvalue weighted by Crippen LogP contribution is -2.31. The Kier molecular flexibility index (Phi) is 6.58. The average molecular weight is 373 g/mol. The van der Waals surface area contributed by atoms with E-state index in [4.69, 9.17) is 4.74 Å². The molecule has 0 saturated heterocycles. The SMILES string of the molecule is C[C@@H](CNC(=O)COC(=O)c1ccccc1-c1ccccc1)c1ccccc1. The van der Waals surface area contributed by atoms with E-state index < -0.39 is 5.97 Å². The summed E-state index contributed by atoms with van der Waals surface area (Å²) in [5.41, 5.74) is 3.30. The van der Waals surface area contributed by atoms with Gasteiger partial charge in [-0.3, -0.25) is 4.79 Å². The molecule has 1 amide bonds. The molecular formula is C24H23NO3. The number of amides is 1. The van der Waals surface area contributed by atoms with Gasteiger partial charge in [-0.1, -0.05) is 85.8 Å². The van der Waals surface area contributed by atoms with Gasteiger partial charge in [0, 0.05) is 6.54 Å². The quantitative estimate of drug-likeness (QED) is 0.623. The highest BCUT2D eigenvalue weighted by Gasteiger charge is 2.15. The second kappa shape index (κ2) is 9.51. The van der Waals surface area contributed by atoms with Crippen LogP contribution >= 0.6 is 0 Å². The van der Waals surface area contributed by atoms with E-state index in [1.807, 2.05) is 79.7 Å². The maximum absolute atomic E-state index is 12.5. The molecule has 0 bridgehead atoms. The highest BCUT2D eigenvalue weighted by Crippen LogP contribution is 2.24. The third-order valence-electron chi connectivity index (χ3n) is 4.54. The summed E-state index contributed by atoms with van der Waals surface area (Å²) < 4.78 is 5.24. The summed E-state index contributed by atoms with van der Waals surface area (Å²) in [5, 5.41) is 2.82. The maximum atomic E-state index is 12.5. The molecule has 0 aliphatic heterocycles. The highest BCUT2D eigenvalue weighted by molar-refractivity contribution is 5.98. The van der Waals surface area contributed by atoms with E-state index in [1.54, 1.807) is 12.1 Å². The predicted molar refractivity (Wildman–Crippen MR) is 110 cm³/mol. The fourth-order valence-electron chi connectivity index (χ4n) is 2.96. The largest absolute Gasteiger partial charge is 0.452 e. The van der Waals surface area contributed by atoms with Crippen molar-refractivity contribution in [3.63, 3.8) is 0 Å². The van der Waals surface area contributed by atoms with Gasteiger partial charge in [0.25, 0.3) is 5.91 Å². The van der Waals surface area contributed by atoms with Crippen LogP contribution in [0.3, 0.4) is 0 Å². The summed E-state index contributed by atoms with van der Waals surface area (Å²) in [6, 6.07) is 26.8. The van der Waals surface area contributed by atoms with Crippen molar-refractivity contribution in [2.24, 2.45) is 0 Å². The van der Waals surface area contributed by atoms with Crippen LogP contribution < -0.4 is 5.32 Å². The van der Waals surface area contributed by atoms with E-state index in [0.29, 0.717) is 12.1 Å². The Balaban J connectivity index is 1.55. The van der Waals surface area contributed by atoms with Crippen LogP contribution in [0.4, 0.5) is 0 Å². The van der Waals surface area contributed by atoms with Crippen molar-refractivity contribution in [3.8, 4) is 11.1 Å². The molecule has 4 heteroatoms. The van der Waals surface area contributed by atoms with Gasteiger partial charge < -0.3 is 10.1 Å². The molecule has 0 heterocycles. The van der Waals surface area contributed by atoms with E-state index >= 15 is 0 Å².